The number of likely N-dealkylation sites (tertiary alicyclic amines) is 1. The van der Waals surface area contributed by atoms with Crippen LogP contribution in [0.3, 0.4) is 0 Å². The lowest BCUT2D eigenvalue weighted by atomic mass is 10.1. The van der Waals surface area contributed by atoms with Crippen LogP contribution in [0.2, 0.25) is 0 Å². The topological polar surface area (TPSA) is 38.1 Å². The number of carbonyl (C=O) groups is 1. The molecule has 1 saturated heterocycles. The summed E-state index contributed by atoms with van der Waals surface area (Å²) in [6, 6.07) is 16.3. The molecule has 1 aliphatic rings. The van der Waals surface area contributed by atoms with E-state index in [0.717, 1.165) is 54.5 Å². The maximum Gasteiger partial charge on any atom is 0.253 e. The van der Waals surface area contributed by atoms with E-state index in [0.29, 0.717) is 0 Å². The number of thioether (sulfide) groups is 1. The quantitative estimate of drug-likeness (QED) is 0.621. The fraction of sp³-hybridized carbons (Fsp3) is 0.333. The van der Waals surface area contributed by atoms with Crippen molar-refractivity contribution in [3.8, 4) is 0 Å². The summed E-state index contributed by atoms with van der Waals surface area (Å²) in [5.74, 6) is 1.01. The van der Waals surface area contributed by atoms with Crippen LogP contribution in [0, 0.1) is 0 Å². The second-order valence-corrected chi connectivity index (χ2v) is 7.55. The first kappa shape index (κ1) is 17.2. The van der Waals surface area contributed by atoms with Crippen molar-refractivity contribution in [1.82, 2.24) is 14.5 Å². The van der Waals surface area contributed by atoms with Crippen LogP contribution in [0.5, 0.6) is 0 Å². The van der Waals surface area contributed by atoms with Crippen molar-refractivity contribution in [2.45, 2.75) is 37.2 Å². The van der Waals surface area contributed by atoms with E-state index < -0.39 is 0 Å². The van der Waals surface area contributed by atoms with Crippen molar-refractivity contribution in [1.29, 1.82) is 0 Å². The van der Waals surface area contributed by atoms with Gasteiger partial charge in [0.05, 0.1) is 11.0 Å². The first-order chi connectivity index (χ1) is 12.8. The molecule has 1 aromatic heterocycles. The number of carbonyl (C=O) groups excluding carboxylic acids is 1. The Morgan fingerprint density at radius 2 is 1.81 bits per heavy atom. The van der Waals surface area contributed by atoms with E-state index in [-0.39, 0.29) is 5.91 Å². The molecule has 1 fully saturated rings. The molecule has 0 atom stereocenters. The van der Waals surface area contributed by atoms with Gasteiger partial charge in [-0.2, -0.15) is 0 Å². The van der Waals surface area contributed by atoms with Gasteiger partial charge in [-0.3, -0.25) is 4.79 Å². The van der Waals surface area contributed by atoms with Crippen LogP contribution in [0.15, 0.2) is 53.7 Å². The molecule has 5 heteroatoms. The molecule has 0 saturated carbocycles. The third-order valence-corrected chi connectivity index (χ3v) is 5.95. The number of nitrogens with zero attached hydrogens (tertiary/aromatic N) is 3. The Morgan fingerprint density at radius 1 is 1.08 bits per heavy atom. The Bertz CT molecular complexity index is 911. The first-order valence-corrected chi connectivity index (χ1v) is 10.2. The number of fused-ring (bicyclic) bond motifs is 1. The molecule has 134 valence electrons. The van der Waals surface area contributed by atoms with E-state index in [1.165, 1.54) is 11.1 Å². The number of amides is 1. The van der Waals surface area contributed by atoms with Gasteiger partial charge in [0.25, 0.3) is 5.91 Å². The smallest absolute Gasteiger partial charge is 0.253 e. The molecule has 1 aliphatic heterocycles. The molecule has 2 aromatic carbocycles. The largest absolute Gasteiger partial charge is 0.339 e. The monoisotopic (exact) mass is 365 g/mol. The Morgan fingerprint density at radius 3 is 2.54 bits per heavy atom. The zero-order chi connectivity index (χ0) is 17.9. The summed E-state index contributed by atoms with van der Waals surface area (Å²) < 4.78 is 2.26. The van der Waals surface area contributed by atoms with E-state index >= 15 is 0 Å². The van der Waals surface area contributed by atoms with Crippen molar-refractivity contribution in [2.24, 2.45) is 0 Å². The van der Waals surface area contributed by atoms with Gasteiger partial charge in [-0.05, 0) is 49.6 Å². The molecule has 0 bridgehead atoms. The number of hydrogen-bond acceptors (Lipinski definition) is 3. The molecule has 0 spiro atoms. The number of para-hydroxylation sites is 2. The summed E-state index contributed by atoms with van der Waals surface area (Å²) in [5.41, 5.74) is 4.23. The van der Waals surface area contributed by atoms with Crippen LogP contribution in [-0.4, -0.2) is 33.4 Å². The number of aryl methyl sites for hydroxylation is 1. The van der Waals surface area contributed by atoms with Gasteiger partial charge >= 0.3 is 0 Å². The van der Waals surface area contributed by atoms with Gasteiger partial charge in [0.1, 0.15) is 0 Å². The van der Waals surface area contributed by atoms with Gasteiger partial charge in [0.15, 0.2) is 5.16 Å². The fourth-order valence-electron chi connectivity index (χ4n) is 3.46. The van der Waals surface area contributed by atoms with Gasteiger partial charge in [-0.15, -0.1) is 0 Å². The SMILES string of the molecule is CCn1c(SCc2ccc(C(=O)N3CCCC3)cc2)nc2ccccc21. The van der Waals surface area contributed by atoms with Gasteiger partial charge < -0.3 is 9.47 Å². The normalized spacial score (nSPS) is 14.3. The number of rotatable bonds is 5. The standard InChI is InChI=1S/C21H23N3OS/c1-2-24-19-8-4-3-7-18(19)22-21(24)26-15-16-9-11-17(12-10-16)20(25)23-13-5-6-14-23/h3-4,7-12H,2,5-6,13-15H2,1H3. The number of aromatic nitrogens is 2. The molecule has 4 nitrogen and oxygen atoms in total. The minimum absolute atomic E-state index is 0.162. The van der Waals surface area contributed by atoms with Crippen molar-refractivity contribution >= 4 is 28.7 Å². The number of hydrogen-bond donors (Lipinski definition) is 0. The fourth-order valence-corrected chi connectivity index (χ4v) is 4.50. The van der Waals surface area contributed by atoms with Gasteiger partial charge in [0.2, 0.25) is 0 Å². The summed E-state index contributed by atoms with van der Waals surface area (Å²) in [7, 11) is 0. The third kappa shape index (κ3) is 3.36. The van der Waals surface area contributed by atoms with E-state index in [4.69, 9.17) is 4.98 Å². The van der Waals surface area contributed by atoms with Crippen LogP contribution in [0.1, 0.15) is 35.7 Å². The van der Waals surface area contributed by atoms with Crippen molar-refractivity contribution < 1.29 is 4.79 Å². The molecule has 0 N–H and O–H groups in total. The lowest BCUT2D eigenvalue weighted by Crippen LogP contribution is -2.27. The summed E-state index contributed by atoms with van der Waals surface area (Å²) in [4.78, 5) is 19.1. The lowest BCUT2D eigenvalue weighted by molar-refractivity contribution is 0.0793. The highest BCUT2D eigenvalue weighted by molar-refractivity contribution is 7.98. The molecular formula is C21H23N3OS. The minimum atomic E-state index is 0.162. The predicted molar refractivity (Wildman–Crippen MR) is 107 cm³/mol. The van der Waals surface area contributed by atoms with Gasteiger partial charge in [-0.1, -0.05) is 36.0 Å². The highest BCUT2D eigenvalue weighted by Gasteiger charge is 2.19. The van der Waals surface area contributed by atoms with Crippen LogP contribution < -0.4 is 0 Å². The van der Waals surface area contributed by atoms with E-state index in [2.05, 4.69) is 41.8 Å². The van der Waals surface area contributed by atoms with Crippen molar-refractivity contribution in [3.63, 3.8) is 0 Å². The molecule has 0 radical (unpaired) electrons. The number of benzene rings is 2. The second-order valence-electron chi connectivity index (χ2n) is 6.61. The summed E-state index contributed by atoms with van der Waals surface area (Å²) in [5, 5.41) is 1.05. The summed E-state index contributed by atoms with van der Waals surface area (Å²) >= 11 is 1.75. The third-order valence-electron chi connectivity index (χ3n) is 4.90. The molecular weight excluding hydrogens is 342 g/mol. The molecule has 4 rings (SSSR count). The Kier molecular flexibility index (Phi) is 4.98. The number of imidazole rings is 1. The first-order valence-electron chi connectivity index (χ1n) is 9.22. The minimum Gasteiger partial charge on any atom is -0.339 e. The lowest BCUT2D eigenvalue weighted by Gasteiger charge is -2.15. The van der Waals surface area contributed by atoms with Crippen molar-refractivity contribution in [3.05, 3.63) is 59.7 Å². The average Bonchev–Trinajstić information content (AvgIpc) is 3.33. The highest BCUT2D eigenvalue weighted by Crippen LogP contribution is 2.27. The Hall–Kier alpha value is -2.27. The van der Waals surface area contributed by atoms with E-state index in [1.807, 2.05) is 23.1 Å². The van der Waals surface area contributed by atoms with Crippen LogP contribution in [-0.2, 0) is 12.3 Å². The van der Waals surface area contributed by atoms with Gasteiger partial charge in [-0.25, -0.2) is 4.98 Å². The van der Waals surface area contributed by atoms with E-state index in [1.54, 1.807) is 11.8 Å². The molecule has 1 amide bonds. The van der Waals surface area contributed by atoms with Crippen LogP contribution in [0.4, 0.5) is 0 Å². The molecule has 3 aromatic rings. The van der Waals surface area contributed by atoms with Crippen LogP contribution >= 0.6 is 11.8 Å². The van der Waals surface area contributed by atoms with Crippen molar-refractivity contribution in [2.75, 3.05) is 13.1 Å². The molecule has 0 aliphatic carbocycles. The zero-order valence-electron chi connectivity index (χ0n) is 15.0. The average molecular weight is 366 g/mol. The maximum atomic E-state index is 12.4. The van der Waals surface area contributed by atoms with Crippen LogP contribution in [0.25, 0.3) is 11.0 Å². The van der Waals surface area contributed by atoms with Gasteiger partial charge in [0, 0.05) is 31.0 Å². The molecule has 2 heterocycles. The summed E-state index contributed by atoms with van der Waals surface area (Å²) in [6.07, 6.45) is 2.25. The molecule has 26 heavy (non-hydrogen) atoms. The zero-order valence-corrected chi connectivity index (χ0v) is 15.8. The summed E-state index contributed by atoms with van der Waals surface area (Å²) in [6.45, 7) is 4.84. The predicted octanol–water partition coefficient (Wildman–Crippen LogP) is 4.58. The Labute approximate surface area is 158 Å². The van der Waals surface area contributed by atoms with E-state index in [9.17, 15) is 4.79 Å². The highest BCUT2D eigenvalue weighted by atomic mass is 32.2. The second kappa shape index (κ2) is 7.54. The Balaban J connectivity index is 1.46. The molecule has 0 unspecified atom stereocenters. The maximum absolute atomic E-state index is 12.4.